The maximum absolute atomic E-state index is 13.9. The molecule has 1 amide bonds. The van der Waals surface area contributed by atoms with Crippen LogP contribution in [-0.2, 0) is 16.0 Å². The summed E-state index contributed by atoms with van der Waals surface area (Å²) in [6, 6.07) is 8.97. The zero-order chi connectivity index (χ0) is 19.8. The van der Waals surface area contributed by atoms with Crippen LogP contribution in [0.4, 0.5) is 10.1 Å². The lowest BCUT2D eigenvalue weighted by Gasteiger charge is -2.14. The first kappa shape index (κ1) is 20.4. The number of carbonyl (C=O) groups is 2. The van der Waals surface area contributed by atoms with Crippen LogP contribution in [0, 0.1) is 5.82 Å². The zero-order valence-corrected chi connectivity index (χ0v) is 15.8. The lowest BCUT2D eigenvalue weighted by atomic mass is 10.1. The maximum Gasteiger partial charge on any atom is 0.341 e. The van der Waals surface area contributed by atoms with Crippen molar-refractivity contribution in [2.75, 3.05) is 18.5 Å². The van der Waals surface area contributed by atoms with Gasteiger partial charge >= 0.3 is 5.97 Å². The maximum atomic E-state index is 13.9. The summed E-state index contributed by atoms with van der Waals surface area (Å²) in [5.74, 6) is -1.56. The number of benzene rings is 2. The molecule has 0 radical (unpaired) electrons. The van der Waals surface area contributed by atoms with Crippen LogP contribution in [0.15, 0.2) is 53.5 Å². The van der Waals surface area contributed by atoms with E-state index in [-0.39, 0.29) is 30.0 Å². The summed E-state index contributed by atoms with van der Waals surface area (Å²) in [7, 11) is 0. The number of carbonyl (C=O) groups excluding carboxylic acids is 1. The van der Waals surface area contributed by atoms with E-state index in [1.807, 2.05) is 0 Å². The van der Waals surface area contributed by atoms with Gasteiger partial charge in [-0.1, -0.05) is 34.7 Å². The highest BCUT2D eigenvalue weighted by molar-refractivity contribution is 9.10. The SMILES string of the molecule is C=CCOc1ccc(OCC(=O)O)c(NC(=O)Cc2ccc(Br)cc2F)c1. The van der Waals surface area contributed by atoms with Crippen molar-refractivity contribution in [3.63, 3.8) is 0 Å². The third kappa shape index (κ3) is 6.41. The molecule has 0 atom stereocenters. The molecule has 6 nitrogen and oxygen atoms in total. The van der Waals surface area contributed by atoms with E-state index in [0.717, 1.165) is 0 Å². The van der Waals surface area contributed by atoms with E-state index in [9.17, 15) is 14.0 Å². The van der Waals surface area contributed by atoms with Crippen LogP contribution >= 0.6 is 15.9 Å². The molecule has 2 N–H and O–H groups in total. The number of amides is 1. The molecule has 0 bridgehead atoms. The molecule has 8 heteroatoms. The Bertz CT molecular complexity index is 856. The number of carboxylic acids is 1. The Morgan fingerprint density at radius 3 is 2.67 bits per heavy atom. The van der Waals surface area contributed by atoms with Crippen LogP contribution in [0.25, 0.3) is 0 Å². The first-order valence-corrected chi connectivity index (χ1v) is 8.64. The molecule has 0 aromatic heterocycles. The van der Waals surface area contributed by atoms with Crippen LogP contribution in [0.2, 0.25) is 0 Å². The van der Waals surface area contributed by atoms with Gasteiger partial charge < -0.3 is 19.9 Å². The lowest BCUT2D eigenvalue weighted by Crippen LogP contribution is -2.17. The molecule has 0 spiro atoms. The van der Waals surface area contributed by atoms with E-state index in [4.69, 9.17) is 14.6 Å². The Labute approximate surface area is 163 Å². The number of hydrogen-bond acceptors (Lipinski definition) is 4. The summed E-state index contributed by atoms with van der Waals surface area (Å²) >= 11 is 3.16. The summed E-state index contributed by atoms with van der Waals surface area (Å²) in [6.07, 6.45) is 1.36. The molecule has 0 aliphatic carbocycles. The van der Waals surface area contributed by atoms with E-state index >= 15 is 0 Å². The monoisotopic (exact) mass is 437 g/mol. The zero-order valence-electron chi connectivity index (χ0n) is 14.2. The van der Waals surface area contributed by atoms with Crippen molar-refractivity contribution in [3.8, 4) is 11.5 Å². The van der Waals surface area contributed by atoms with Crippen molar-refractivity contribution in [3.05, 3.63) is 64.9 Å². The number of anilines is 1. The molecule has 2 aromatic rings. The van der Waals surface area contributed by atoms with Gasteiger partial charge in [0.2, 0.25) is 5.91 Å². The summed E-state index contributed by atoms with van der Waals surface area (Å²) in [5.41, 5.74) is 0.447. The number of hydrogen-bond donors (Lipinski definition) is 2. The van der Waals surface area contributed by atoms with Crippen molar-refractivity contribution in [1.82, 2.24) is 0 Å². The van der Waals surface area contributed by atoms with Crippen LogP contribution in [0.5, 0.6) is 11.5 Å². The molecule has 0 unspecified atom stereocenters. The molecule has 27 heavy (non-hydrogen) atoms. The second-order valence-corrected chi connectivity index (χ2v) is 6.32. The smallest absolute Gasteiger partial charge is 0.341 e. The molecule has 0 aliphatic heterocycles. The highest BCUT2D eigenvalue weighted by atomic mass is 79.9. The highest BCUT2D eigenvalue weighted by Crippen LogP contribution is 2.30. The number of nitrogens with one attached hydrogen (secondary N) is 1. The number of ether oxygens (including phenoxy) is 2. The van der Waals surface area contributed by atoms with Crippen molar-refractivity contribution in [2.45, 2.75) is 6.42 Å². The van der Waals surface area contributed by atoms with E-state index in [1.54, 1.807) is 18.2 Å². The minimum atomic E-state index is -1.16. The minimum absolute atomic E-state index is 0.160. The van der Waals surface area contributed by atoms with E-state index in [0.29, 0.717) is 10.2 Å². The van der Waals surface area contributed by atoms with Crippen LogP contribution in [0.3, 0.4) is 0 Å². The number of aliphatic carboxylic acids is 1. The van der Waals surface area contributed by atoms with E-state index < -0.39 is 24.3 Å². The first-order chi connectivity index (χ1) is 12.9. The van der Waals surface area contributed by atoms with Gasteiger partial charge in [0.25, 0.3) is 0 Å². The van der Waals surface area contributed by atoms with Gasteiger partial charge in [0, 0.05) is 10.5 Å². The van der Waals surface area contributed by atoms with Gasteiger partial charge in [0.15, 0.2) is 6.61 Å². The largest absolute Gasteiger partial charge is 0.489 e. The number of carboxylic acid groups (broad SMARTS) is 1. The molecule has 0 fully saturated rings. The number of rotatable bonds is 9. The molecule has 0 heterocycles. The summed E-state index contributed by atoms with van der Waals surface area (Å²) < 4.78 is 25.1. The van der Waals surface area contributed by atoms with Crippen LogP contribution < -0.4 is 14.8 Å². The van der Waals surface area contributed by atoms with Gasteiger partial charge in [-0.05, 0) is 29.8 Å². The van der Waals surface area contributed by atoms with Crippen molar-refractivity contribution in [2.24, 2.45) is 0 Å². The predicted molar refractivity (Wildman–Crippen MR) is 102 cm³/mol. The average molecular weight is 438 g/mol. The Kier molecular flexibility index (Phi) is 7.36. The Morgan fingerprint density at radius 2 is 2.00 bits per heavy atom. The molecule has 0 saturated heterocycles. The molecule has 142 valence electrons. The predicted octanol–water partition coefficient (Wildman–Crippen LogP) is 3.80. The Hall–Kier alpha value is -2.87. The fourth-order valence-corrected chi connectivity index (χ4v) is 2.48. The highest BCUT2D eigenvalue weighted by Gasteiger charge is 2.14. The molecule has 2 aromatic carbocycles. The lowest BCUT2D eigenvalue weighted by molar-refractivity contribution is -0.139. The normalized spacial score (nSPS) is 10.1. The van der Waals surface area contributed by atoms with Crippen molar-refractivity contribution < 1.29 is 28.6 Å². The summed E-state index contributed by atoms with van der Waals surface area (Å²) in [6.45, 7) is 3.24. The van der Waals surface area contributed by atoms with Gasteiger partial charge in [-0.3, -0.25) is 4.79 Å². The van der Waals surface area contributed by atoms with Crippen LogP contribution in [0.1, 0.15) is 5.56 Å². The van der Waals surface area contributed by atoms with E-state index in [1.165, 1.54) is 24.3 Å². The second kappa shape index (κ2) is 9.72. The fraction of sp³-hybridized carbons (Fsp3) is 0.158. The molecular formula is C19H17BrFNO5. The topological polar surface area (TPSA) is 84.9 Å². The molecular weight excluding hydrogens is 421 g/mol. The summed E-state index contributed by atoms with van der Waals surface area (Å²) in [4.78, 5) is 23.0. The fourth-order valence-electron chi connectivity index (χ4n) is 2.15. The Morgan fingerprint density at radius 1 is 1.22 bits per heavy atom. The minimum Gasteiger partial charge on any atom is -0.489 e. The summed E-state index contributed by atoms with van der Waals surface area (Å²) in [5, 5.41) is 11.4. The molecule has 2 rings (SSSR count). The van der Waals surface area contributed by atoms with Gasteiger partial charge in [0.05, 0.1) is 12.1 Å². The standard InChI is InChI=1S/C19H17BrFNO5/c1-2-7-26-14-5-6-17(27-11-19(24)25)16(10-14)22-18(23)8-12-3-4-13(20)9-15(12)21/h2-6,9-10H,1,7-8,11H2,(H,22,23)(H,24,25). The molecule has 0 aliphatic rings. The van der Waals surface area contributed by atoms with E-state index in [2.05, 4.69) is 27.8 Å². The van der Waals surface area contributed by atoms with Gasteiger partial charge in [-0.15, -0.1) is 0 Å². The van der Waals surface area contributed by atoms with Crippen molar-refractivity contribution >= 4 is 33.5 Å². The third-order valence-corrected chi connectivity index (χ3v) is 3.80. The quantitative estimate of drug-likeness (QED) is 0.582. The first-order valence-electron chi connectivity index (χ1n) is 7.85. The third-order valence-electron chi connectivity index (χ3n) is 3.31. The van der Waals surface area contributed by atoms with Gasteiger partial charge in [-0.25, -0.2) is 9.18 Å². The second-order valence-electron chi connectivity index (χ2n) is 5.40. The van der Waals surface area contributed by atoms with Gasteiger partial charge in [-0.2, -0.15) is 0 Å². The van der Waals surface area contributed by atoms with Crippen molar-refractivity contribution in [1.29, 1.82) is 0 Å². The van der Waals surface area contributed by atoms with Gasteiger partial charge in [0.1, 0.15) is 23.9 Å². The average Bonchev–Trinajstić information content (AvgIpc) is 2.61. The molecule has 0 saturated carbocycles. The van der Waals surface area contributed by atoms with Crippen LogP contribution in [-0.4, -0.2) is 30.2 Å². The number of halogens is 2. The Balaban J connectivity index is 2.17.